The summed E-state index contributed by atoms with van der Waals surface area (Å²) in [7, 11) is 1.68. The van der Waals surface area contributed by atoms with Crippen LogP contribution in [-0.4, -0.2) is 45.7 Å². The summed E-state index contributed by atoms with van der Waals surface area (Å²) in [5.74, 6) is -0.187. The molecule has 8 nitrogen and oxygen atoms in total. The molecule has 0 fully saturated rings. The van der Waals surface area contributed by atoms with Crippen molar-refractivity contribution in [1.82, 2.24) is 13.7 Å². The van der Waals surface area contributed by atoms with Gasteiger partial charge in [0.15, 0.2) is 5.69 Å². The fraction of sp³-hybridized carbons (Fsp3) is 0.333. The van der Waals surface area contributed by atoms with Gasteiger partial charge in [-0.1, -0.05) is 23.7 Å². The van der Waals surface area contributed by atoms with Crippen LogP contribution in [-0.2, 0) is 6.54 Å². The molecule has 3 aromatic rings. The van der Waals surface area contributed by atoms with Crippen LogP contribution in [0.15, 0.2) is 30.5 Å². The monoisotopic (exact) mass is 388 g/mol. The van der Waals surface area contributed by atoms with E-state index in [9.17, 15) is 9.59 Å². The number of benzene rings is 1. The van der Waals surface area contributed by atoms with E-state index in [2.05, 4.69) is 53.4 Å². The smallest absolute Gasteiger partial charge is 0.270 e. The zero-order valence-corrected chi connectivity index (χ0v) is 16.5. The number of hydrogen-bond acceptors (Lipinski definition) is 5. The van der Waals surface area contributed by atoms with Crippen molar-refractivity contribution in [2.45, 2.75) is 20.4 Å². The van der Waals surface area contributed by atoms with Gasteiger partial charge in [0.25, 0.3) is 11.8 Å². The highest BCUT2D eigenvalue weighted by molar-refractivity contribution is 7.12. The van der Waals surface area contributed by atoms with Gasteiger partial charge in [-0.2, -0.15) is 0 Å². The summed E-state index contributed by atoms with van der Waals surface area (Å²) in [5.41, 5.74) is 7.90. The molecular weight excluding hydrogens is 364 g/mol. The Morgan fingerprint density at radius 3 is 2.37 bits per heavy atom. The molecule has 4 N–H and O–H groups in total. The highest BCUT2D eigenvalue weighted by Gasteiger charge is 2.21. The molecular formula is C18H24N6O2S. The summed E-state index contributed by atoms with van der Waals surface area (Å²) in [6.07, 6.45) is 1.81. The van der Waals surface area contributed by atoms with Crippen molar-refractivity contribution in [3.8, 4) is 10.4 Å². The van der Waals surface area contributed by atoms with Crippen molar-refractivity contribution < 1.29 is 9.59 Å². The molecule has 0 bridgehead atoms. The number of nitrogens with one attached hydrogen (secondary N) is 2. The van der Waals surface area contributed by atoms with Crippen LogP contribution >= 0.6 is 11.5 Å². The lowest BCUT2D eigenvalue weighted by molar-refractivity contribution is 0.0889. The molecule has 2 aromatic heterocycles. The second kappa shape index (κ2) is 7.75. The van der Waals surface area contributed by atoms with Gasteiger partial charge in [-0.25, -0.2) is 3.96 Å². The normalized spacial score (nSPS) is 10.9. The Kier molecular flexibility index (Phi) is 5.41. The number of carbonyl (C=O) groups is 2. The Morgan fingerprint density at radius 2 is 1.85 bits per heavy atom. The molecule has 2 heterocycles. The highest BCUT2D eigenvalue weighted by atomic mass is 32.1. The van der Waals surface area contributed by atoms with E-state index in [0.29, 0.717) is 5.82 Å². The van der Waals surface area contributed by atoms with Crippen LogP contribution in [0.3, 0.4) is 0 Å². The first-order valence-electron chi connectivity index (χ1n) is 8.81. The number of anilines is 2. The minimum atomic E-state index is -0.577. The van der Waals surface area contributed by atoms with Gasteiger partial charge in [0.05, 0.1) is 4.88 Å². The number of hydrogen-bond donors (Lipinski definition) is 3. The molecule has 27 heavy (non-hydrogen) atoms. The number of nitrogens with two attached hydrogens (primary N) is 1. The second-order valence-corrected chi connectivity index (χ2v) is 7.07. The first-order valence-corrected chi connectivity index (χ1v) is 9.59. The zero-order chi connectivity index (χ0) is 19.6. The van der Waals surface area contributed by atoms with E-state index < -0.39 is 5.91 Å². The molecule has 0 spiro atoms. The van der Waals surface area contributed by atoms with Gasteiger partial charge in [-0.05, 0) is 31.5 Å². The molecule has 0 unspecified atom stereocenters. The van der Waals surface area contributed by atoms with Gasteiger partial charge < -0.3 is 16.0 Å². The van der Waals surface area contributed by atoms with Crippen molar-refractivity contribution in [1.29, 1.82) is 0 Å². The average Bonchev–Trinajstić information content (AvgIpc) is 2.58. The molecule has 0 saturated heterocycles. The Balaban J connectivity index is 1.66. The standard InChI is InChI=1S/C18H24N6O2S/c1-4-22(5-2)13-8-6-12(7-9-13)14-10-24(27-14)15(25)11-23-16(17(19)26)18(20-3)21-23/h6-10,20-21H,4-5,11H2,1-3H3,(H2,19,26). The fourth-order valence-electron chi connectivity index (χ4n) is 2.97. The number of carbonyl (C=O) groups excluding carboxylic acids is 2. The Labute approximate surface area is 161 Å². The Hall–Kier alpha value is -2.94. The summed E-state index contributed by atoms with van der Waals surface area (Å²) < 4.78 is 3.01. The predicted molar refractivity (Wildman–Crippen MR) is 109 cm³/mol. The summed E-state index contributed by atoms with van der Waals surface area (Å²) in [5, 5.41) is 5.71. The minimum Gasteiger partial charge on any atom is -0.372 e. The number of primary amides is 1. The second-order valence-electron chi connectivity index (χ2n) is 6.06. The summed E-state index contributed by atoms with van der Waals surface area (Å²) in [6, 6.07) is 8.33. The van der Waals surface area contributed by atoms with Crippen LogP contribution in [0.4, 0.5) is 11.5 Å². The molecule has 3 rings (SSSR count). The first kappa shape index (κ1) is 18.8. The van der Waals surface area contributed by atoms with E-state index in [1.54, 1.807) is 11.0 Å². The van der Waals surface area contributed by atoms with Crippen molar-refractivity contribution in [2.75, 3.05) is 30.4 Å². The van der Waals surface area contributed by atoms with Crippen LogP contribution < -0.4 is 16.0 Å². The number of H-pyrrole nitrogens is 1. The minimum absolute atomic E-state index is 0.0289. The molecule has 0 radical (unpaired) electrons. The van der Waals surface area contributed by atoms with Gasteiger partial charge in [0.2, 0.25) is 0 Å². The van der Waals surface area contributed by atoms with E-state index in [0.717, 1.165) is 23.5 Å². The first-order chi connectivity index (χ1) is 13.0. The molecule has 1 aromatic carbocycles. The molecule has 0 atom stereocenters. The maximum absolute atomic E-state index is 12.4. The third kappa shape index (κ3) is 3.63. The lowest BCUT2D eigenvalue weighted by atomic mass is 10.1. The van der Waals surface area contributed by atoms with E-state index >= 15 is 0 Å². The predicted octanol–water partition coefficient (Wildman–Crippen LogP) is 2.67. The van der Waals surface area contributed by atoms with Crippen LogP contribution in [0.5, 0.6) is 0 Å². The quantitative estimate of drug-likeness (QED) is 0.552. The fourth-order valence-corrected chi connectivity index (χ4v) is 3.73. The SMILES string of the molecule is CCN(CC)c1ccc(-c2cn(C(=O)Cn3[nH]c(NC)c3C(N)=O)s2)cc1. The Bertz CT molecular complexity index is 914. The van der Waals surface area contributed by atoms with Crippen molar-refractivity contribution >= 4 is 34.9 Å². The third-order valence-electron chi connectivity index (χ3n) is 4.49. The molecule has 0 aliphatic rings. The van der Waals surface area contributed by atoms with Crippen LogP contribution in [0.25, 0.3) is 10.4 Å². The van der Waals surface area contributed by atoms with Crippen LogP contribution in [0.1, 0.15) is 29.1 Å². The maximum atomic E-state index is 12.4. The molecule has 144 valence electrons. The zero-order valence-electron chi connectivity index (χ0n) is 15.7. The number of nitrogens with zero attached hydrogens (tertiary/aromatic N) is 3. The van der Waals surface area contributed by atoms with E-state index in [-0.39, 0.29) is 18.1 Å². The van der Waals surface area contributed by atoms with E-state index in [1.165, 1.54) is 21.9 Å². The van der Waals surface area contributed by atoms with Crippen LogP contribution in [0, 0.1) is 0 Å². The summed E-state index contributed by atoms with van der Waals surface area (Å²) in [6.45, 7) is 6.24. The lowest BCUT2D eigenvalue weighted by Crippen LogP contribution is -2.32. The third-order valence-corrected chi connectivity index (χ3v) is 5.53. The van der Waals surface area contributed by atoms with Gasteiger partial charge in [-0.3, -0.25) is 19.4 Å². The van der Waals surface area contributed by atoms with Crippen LogP contribution in [0.2, 0.25) is 0 Å². The molecule has 0 saturated carbocycles. The summed E-state index contributed by atoms with van der Waals surface area (Å²) in [4.78, 5) is 27.1. The van der Waals surface area contributed by atoms with Crippen molar-refractivity contribution in [3.63, 3.8) is 0 Å². The topological polar surface area (TPSA) is 101 Å². The molecule has 0 aliphatic heterocycles. The van der Waals surface area contributed by atoms with E-state index in [4.69, 9.17) is 5.73 Å². The average molecular weight is 388 g/mol. The summed E-state index contributed by atoms with van der Waals surface area (Å²) >= 11 is 1.38. The Morgan fingerprint density at radius 1 is 1.22 bits per heavy atom. The largest absolute Gasteiger partial charge is 0.372 e. The van der Waals surface area contributed by atoms with E-state index in [1.807, 2.05) is 6.20 Å². The van der Waals surface area contributed by atoms with Gasteiger partial charge >= 0.3 is 0 Å². The molecule has 1 amide bonds. The number of aromatic amines is 1. The number of rotatable bonds is 8. The van der Waals surface area contributed by atoms with Gasteiger partial charge in [0, 0.05) is 32.0 Å². The molecule has 9 heteroatoms. The molecule has 0 aliphatic carbocycles. The van der Waals surface area contributed by atoms with Gasteiger partial charge in [0.1, 0.15) is 12.4 Å². The highest BCUT2D eigenvalue weighted by Crippen LogP contribution is 2.29. The lowest BCUT2D eigenvalue weighted by Gasteiger charge is -2.22. The van der Waals surface area contributed by atoms with Gasteiger partial charge in [-0.15, -0.1) is 0 Å². The van der Waals surface area contributed by atoms with Crippen molar-refractivity contribution in [3.05, 3.63) is 36.2 Å². The van der Waals surface area contributed by atoms with Crippen molar-refractivity contribution in [2.24, 2.45) is 5.73 Å². The maximum Gasteiger partial charge on any atom is 0.270 e. The number of aromatic nitrogens is 3. The number of amides is 1.